The van der Waals surface area contributed by atoms with E-state index >= 15 is 0 Å². The standard InChI is InChI=1S/C20H24N2O2.ClH/c1-22(18-11-12-21-14-18)20(23)15-24-19-10-6-5-9-17(19)13-16-7-3-2-4-8-16;/h2-10,18,21H,11-15H2,1H3;1H. The average Bonchev–Trinajstić information content (AvgIpc) is 3.15. The molecule has 1 aliphatic rings. The van der Waals surface area contributed by atoms with Crippen molar-refractivity contribution >= 4 is 18.3 Å². The second-order valence-corrected chi connectivity index (χ2v) is 6.21. The molecule has 0 saturated carbocycles. The molecule has 4 nitrogen and oxygen atoms in total. The van der Waals surface area contributed by atoms with Gasteiger partial charge in [0.15, 0.2) is 6.61 Å². The van der Waals surface area contributed by atoms with Crippen molar-refractivity contribution in [3.63, 3.8) is 0 Å². The minimum absolute atomic E-state index is 0. The number of ether oxygens (including phenoxy) is 1. The molecule has 134 valence electrons. The minimum atomic E-state index is 0. The highest BCUT2D eigenvalue weighted by atomic mass is 35.5. The van der Waals surface area contributed by atoms with Crippen molar-refractivity contribution < 1.29 is 9.53 Å². The van der Waals surface area contributed by atoms with Crippen molar-refractivity contribution in [2.24, 2.45) is 0 Å². The van der Waals surface area contributed by atoms with Crippen molar-refractivity contribution in [2.45, 2.75) is 18.9 Å². The highest BCUT2D eigenvalue weighted by molar-refractivity contribution is 5.85. The fourth-order valence-corrected chi connectivity index (χ4v) is 3.02. The van der Waals surface area contributed by atoms with Gasteiger partial charge in [0.05, 0.1) is 0 Å². The Hall–Kier alpha value is -2.04. The van der Waals surface area contributed by atoms with E-state index in [2.05, 4.69) is 23.5 Å². The summed E-state index contributed by atoms with van der Waals surface area (Å²) in [5.74, 6) is 0.811. The largest absolute Gasteiger partial charge is 0.483 e. The van der Waals surface area contributed by atoms with Crippen LogP contribution in [0.3, 0.4) is 0 Å². The van der Waals surface area contributed by atoms with Crippen LogP contribution in [0.4, 0.5) is 0 Å². The van der Waals surface area contributed by atoms with E-state index in [1.165, 1.54) is 5.56 Å². The van der Waals surface area contributed by atoms with E-state index in [-0.39, 0.29) is 31.0 Å². The number of benzene rings is 2. The molecule has 0 bridgehead atoms. The molecule has 5 heteroatoms. The van der Waals surface area contributed by atoms with Crippen LogP contribution in [0.5, 0.6) is 5.75 Å². The first kappa shape index (κ1) is 19.3. The number of halogens is 1. The fraction of sp³-hybridized carbons (Fsp3) is 0.350. The van der Waals surface area contributed by atoms with Crippen LogP contribution in [-0.2, 0) is 11.2 Å². The van der Waals surface area contributed by atoms with Gasteiger partial charge in [-0.2, -0.15) is 0 Å². The number of nitrogens with zero attached hydrogens (tertiary/aromatic N) is 1. The minimum Gasteiger partial charge on any atom is -0.483 e. The molecule has 1 heterocycles. The van der Waals surface area contributed by atoms with Gasteiger partial charge in [0.2, 0.25) is 0 Å². The first-order chi connectivity index (χ1) is 11.7. The summed E-state index contributed by atoms with van der Waals surface area (Å²) in [6.07, 6.45) is 1.81. The van der Waals surface area contributed by atoms with Crippen molar-refractivity contribution in [1.29, 1.82) is 0 Å². The molecular weight excluding hydrogens is 336 g/mol. The molecule has 1 atom stereocenters. The number of likely N-dealkylation sites (N-methyl/N-ethyl adjacent to an activating group) is 1. The van der Waals surface area contributed by atoms with Crippen LogP contribution < -0.4 is 10.1 Å². The second kappa shape index (κ2) is 9.44. The van der Waals surface area contributed by atoms with Gasteiger partial charge < -0.3 is 15.0 Å². The number of nitrogens with one attached hydrogen (secondary N) is 1. The first-order valence-electron chi connectivity index (χ1n) is 8.45. The molecule has 1 aliphatic heterocycles. The van der Waals surface area contributed by atoms with E-state index in [0.29, 0.717) is 0 Å². The summed E-state index contributed by atoms with van der Waals surface area (Å²) in [4.78, 5) is 14.2. The smallest absolute Gasteiger partial charge is 0.260 e. The Morgan fingerprint density at radius 2 is 1.88 bits per heavy atom. The van der Waals surface area contributed by atoms with Gasteiger partial charge >= 0.3 is 0 Å². The predicted molar refractivity (Wildman–Crippen MR) is 102 cm³/mol. The highest BCUT2D eigenvalue weighted by Crippen LogP contribution is 2.21. The average molecular weight is 361 g/mol. The van der Waals surface area contributed by atoms with Crippen LogP contribution in [0.1, 0.15) is 17.5 Å². The molecule has 0 spiro atoms. The lowest BCUT2D eigenvalue weighted by Gasteiger charge is -2.24. The third-order valence-electron chi connectivity index (χ3n) is 4.54. The molecule has 0 aromatic heterocycles. The summed E-state index contributed by atoms with van der Waals surface area (Å²) in [6.45, 7) is 1.93. The van der Waals surface area contributed by atoms with Crippen molar-refractivity contribution in [3.05, 3.63) is 65.7 Å². The van der Waals surface area contributed by atoms with Crippen LogP contribution in [0.25, 0.3) is 0 Å². The highest BCUT2D eigenvalue weighted by Gasteiger charge is 2.23. The fourth-order valence-electron chi connectivity index (χ4n) is 3.02. The number of hydrogen-bond donors (Lipinski definition) is 1. The lowest BCUT2D eigenvalue weighted by molar-refractivity contribution is -0.133. The summed E-state index contributed by atoms with van der Waals surface area (Å²) < 4.78 is 5.84. The summed E-state index contributed by atoms with van der Waals surface area (Å²) in [5, 5.41) is 3.28. The van der Waals surface area contributed by atoms with Crippen LogP contribution in [0.15, 0.2) is 54.6 Å². The van der Waals surface area contributed by atoms with Crippen LogP contribution in [0.2, 0.25) is 0 Å². The van der Waals surface area contributed by atoms with Crippen molar-refractivity contribution in [2.75, 3.05) is 26.7 Å². The Bertz CT molecular complexity index is 672. The maximum atomic E-state index is 12.3. The molecule has 0 radical (unpaired) electrons. The Labute approximate surface area is 155 Å². The predicted octanol–water partition coefficient (Wildman–Crippen LogP) is 2.90. The molecule has 3 rings (SSSR count). The third-order valence-corrected chi connectivity index (χ3v) is 4.54. The number of carbonyl (C=O) groups excluding carboxylic acids is 1. The summed E-state index contributed by atoms with van der Waals surface area (Å²) in [5.41, 5.74) is 2.33. The van der Waals surface area contributed by atoms with Crippen LogP contribution >= 0.6 is 12.4 Å². The van der Waals surface area contributed by atoms with Gasteiger partial charge in [-0.05, 0) is 30.2 Å². The topological polar surface area (TPSA) is 41.6 Å². The van der Waals surface area contributed by atoms with Crippen LogP contribution in [0, 0.1) is 0 Å². The number of rotatable bonds is 6. The van der Waals surface area contributed by atoms with Gasteiger partial charge in [0, 0.05) is 26.1 Å². The number of hydrogen-bond acceptors (Lipinski definition) is 3. The van der Waals surface area contributed by atoms with E-state index < -0.39 is 0 Å². The zero-order chi connectivity index (χ0) is 16.8. The van der Waals surface area contributed by atoms with Crippen molar-refractivity contribution in [3.8, 4) is 5.75 Å². The van der Waals surface area contributed by atoms with E-state index in [1.54, 1.807) is 4.90 Å². The SMILES string of the molecule is CN(C(=O)COc1ccccc1Cc1ccccc1)C1CCNC1.Cl. The quantitative estimate of drug-likeness (QED) is 0.861. The number of carbonyl (C=O) groups is 1. The van der Waals surface area contributed by atoms with E-state index in [9.17, 15) is 4.79 Å². The summed E-state index contributed by atoms with van der Waals surface area (Å²) >= 11 is 0. The molecule has 0 aliphatic carbocycles. The molecule has 1 N–H and O–H groups in total. The molecule has 2 aromatic rings. The molecule has 25 heavy (non-hydrogen) atoms. The lowest BCUT2D eigenvalue weighted by Crippen LogP contribution is -2.40. The van der Waals surface area contributed by atoms with Gasteiger partial charge in [0.25, 0.3) is 5.91 Å². The summed E-state index contributed by atoms with van der Waals surface area (Å²) in [6, 6.07) is 18.5. The molecular formula is C20H25ClN2O2. The lowest BCUT2D eigenvalue weighted by atomic mass is 10.0. The number of para-hydroxylation sites is 1. The van der Waals surface area contributed by atoms with E-state index in [4.69, 9.17) is 4.74 Å². The molecule has 1 fully saturated rings. The molecule has 2 aromatic carbocycles. The van der Waals surface area contributed by atoms with E-state index in [1.807, 2.05) is 43.4 Å². The zero-order valence-electron chi connectivity index (χ0n) is 14.5. The monoisotopic (exact) mass is 360 g/mol. The maximum absolute atomic E-state index is 12.3. The number of amides is 1. The first-order valence-corrected chi connectivity index (χ1v) is 8.45. The Kier molecular flexibility index (Phi) is 7.29. The normalized spacial score (nSPS) is 16.1. The van der Waals surface area contributed by atoms with Gasteiger partial charge in [-0.1, -0.05) is 48.5 Å². The van der Waals surface area contributed by atoms with E-state index in [0.717, 1.165) is 37.2 Å². The zero-order valence-corrected chi connectivity index (χ0v) is 15.3. The Morgan fingerprint density at radius 3 is 2.60 bits per heavy atom. The van der Waals surface area contributed by atoms with Crippen molar-refractivity contribution in [1.82, 2.24) is 10.2 Å². The van der Waals surface area contributed by atoms with Gasteiger partial charge in [-0.15, -0.1) is 12.4 Å². The molecule has 1 amide bonds. The maximum Gasteiger partial charge on any atom is 0.260 e. The second-order valence-electron chi connectivity index (χ2n) is 6.21. The molecule has 1 saturated heterocycles. The Balaban J connectivity index is 0.00000225. The summed E-state index contributed by atoms with van der Waals surface area (Å²) in [7, 11) is 1.86. The van der Waals surface area contributed by atoms with Gasteiger partial charge in [-0.25, -0.2) is 0 Å². The van der Waals surface area contributed by atoms with Gasteiger partial charge in [0.1, 0.15) is 5.75 Å². The Morgan fingerprint density at radius 1 is 1.16 bits per heavy atom. The van der Waals surface area contributed by atoms with Crippen LogP contribution in [-0.4, -0.2) is 43.6 Å². The third kappa shape index (κ3) is 5.21. The molecule has 1 unspecified atom stereocenters. The van der Waals surface area contributed by atoms with Gasteiger partial charge in [-0.3, -0.25) is 4.79 Å².